The number of hydrogen-bond acceptors (Lipinski definition) is 6. The Bertz CT molecular complexity index is 1030. The molecule has 9 nitrogen and oxygen atoms in total. The molecule has 0 radical (unpaired) electrons. The lowest BCUT2D eigenvalue weighted by Gasteiger charge is -2.28. The van der Waals surface area contributed by atoms with Crippen molar-refractivity contribution in [2.24, 2.45) is 0 Å². The van der Waals surface area contributed by atoms with Crippen LogP contribution < -0.4 is 16.0 Å². The van der Waals surface area contributed by atoms with E-state index in [9.17, 15) is 14.4 Å². The molecule has 2 aliphatic heterocycles. The molecule has 158 valence electrons. The second kappa shape index (κ2) is 7.47. The number of carbonyl (C=O) groups is 3. The summed E-state index contributed by atoms with van der Waals surface area (Å²) in [5, 5.41) is 12.3. The first-order valence-electron chi connectivity index (χ1n) is 9.99. The maximum atomic E-state index is 12.8. The third kappa shape index (κ3) is 3.62. The Labute approximate surface area is 174 Å². The van der Waals surface area contributed by atoms with Gasteiger partial charge in [0, 0.05) is 25.1 Å². The standard InChI is InChI=1S/C21H25N5O4/c1-12-5-4-6-15(13(12)2)22-18-14-11-26(10-8-16(14)30-25-18)17(27)7-9-21(3)19(28)23-20(29)24-21/h4-6H,7-11H2,1-3H3,(H,22,25)(H2,23,24,28,29). The number of fused-ring (bicyclic) bond motifs is 1. The highest BCUT2D eigenvalue weighted by Crippen LogP contribution is 2.30. The summed E-state index contributed by atoms with van der Waals surface area (Å²) in [5.41, 5.74) is 3.06. The fraction of sp³-hybridized carbons (Fsp3) is 0.429. The van der Waals surface area contributed by atoms with Crippen molar-refractivity contribution < 1.29 is 18.9 Å². The number of nitrogens with zero attached hydrogens (tertiary/aromatic N) is 2. The molecule has 9 heteroatoms. The lowest BCUT2D eigenvalue weighted by atomic mass is 9.95. The van der Waals surface area contributed by atoms with Crippen molar-refractivity contribution in [3.05, 3.63) is 40.6 Å². The average molecular weight is 411 g/mol. The second-order valence-corrected chi connectivity index (χ2v) is 8.11. The summed E-state index contributed by atoms with van der Waals surface area (Å²) < 4.78 is 5.49. The summed E-state index contributed by atoms with van der Waals surface area (Å²) in [7, 11) is 0. The van der Waals surface area contributed by atoms with Gasteiger partial charge >= 0.3 is 6.03 Å². The number of hydrogen-bond donors (Lipinski definition) is 3. The van der Waals surface area contributed by atoms with Crippen LogP contribution >= 0.6 is 0 Å². The lowest BCUT2D eigenvalue weighted by Crippen LogP contribution is -2.45. The Kier molecular flexibility index (Phi) is 4.97. The van der Waals surface area contributed by atoms with Gasteiger partial charge in [0.15, 0.2) is 5.82 Å². The molecule has 2 aliphatic rings. The molecule has 3 heterocycles. The molecule has 0 saturated carbocycles. The van der Waals surface area contributed by atoms with Gasteiger partial charge in [-0.15, -0.1) is 0 Å². The largest absolute Gasteiger partial charge is 0.359 e. The van der Waals surface area contributed by atoms with E-state index in [4.69, 9.17) is 4.52 Å². The molecule has 1 unspecified atom stereocenters. The van der Waals surface area contributed by atoms with Crippen LogP contribution in [-0.2, 0) is 22.6 Å². The monoisotopic (exact) mass is 411 g/mol. The lowest BCUT2D eigenvalue weighted by molar-refractivity contribution is -0.133. The predicted molar refractivity (Wildman–Crippen MR) is 109 cm³/mol. The van der Waals surface area contributed by atoms with Crippen LogP contribution in [0.1, 0.15) is 42.2 Å². The van der Waals surface area contributed by atoms with Gasteiger partial charge < -0.3 is 20.1 Å². The van der Waals surface area contributed by atoms with Crippen LogP contribution in [0.25, 0.3) is 0 Å². The fourth-order valence-corrected chi connectivity index (χ4v) is 3.80. The Hall–Kier alpha value is -3.36. The van der Waals surface area contributed by atoms with Gasteiger partial charge in [0.2, 0.25) is 5.91 Å². The van der Waals surface area contributed by atoms with Gasteiger partial charge in [-0.3, -0.25) is 14.9 Å². The molecule has 1 aromatic heterocycles. The summed E-state index contributed by atoms with van der Waals surface area (Å²) in [4.78, 5) is 37.9. The number of carbonyl (C=O) groups excluding carboxylic acids is 3. The van der Waals surface area contributed by atoms with Crippen LogP contribution in [0, 0.1) is 13.8 Å². The van der Waals surface area contributed by atoms with Crippen LogP contribution in [0.2, 0.25) is 0 Å². The molecule has 1 saturated heterocycles. The first kappa shape index (κ1) is 19.9. The minimum atomic E-state index is -1.06. The number of amides is 4. The molecule has 30 heavy (non-hydrogen) atoms. The number of rotatable bonds is 5. The third-order valence-electron chi connectivity index (χ3n) is 5.99. The molecule has 0 aliphatic carbocycles. The SMILES string of the molecule is Cc1cccc(Nc2noc3c2CN(C(=O)CCC2(C)NC(=O)NC2=O)CC3)c1C. The number of benzene rings is 1. The summed E-state index contributed by atoms with van der Waals surface area (Å²) in [5.74, 6) is 0.918. The van der Waals surface area contributed by atoms with E-state index in [1.54, 1.807) is 11.8 Å². The fourth-order valence-electron chi connectivity index (χ4n) is 3.80. The molecule has 1 fully saturated rings. The van der Waals surface area contributed by atoms with Crippen LogP contribution in [-0.4, -0.2) is 40.0 Å². The first-order valence-corrected chi connectivity index (χ1v) is 9.99. The minimum Gasteiger partial charge on any atom is -0.359 e. The average Bonchev–Trinajstić information content (AvgIpc) is 3.23. The van der Waals surface area contributed by atoms with E-state index in [2.05, 4.69) is 21.1 Å². The van der Waals surface area contributed by atoms with Gasteiger partial charge in [-0.1, -0.05) is 17.3 Å². The van der Waals surface area contributed by atoms with Crippen LogP contribution in [0.15, 0.2) is 22.7 Å². The Morgan fingerprint density at radius 1 is 1.33 bits per heavy atom. The summed E-state index contributed by atoms with van der Waals surface area (Å²) in [6.45, 7) is 6.63. The Balaban J connectivity index is 1.44. The molecule has 2 aromatic rings. The van der Waals surface area contributed by atoms with Crippen molar-refractivity contribution in [2.75, 3.05) is 11.9 Å². The van der Waals surface area contributed by atoms with E-state index in [0.29, 0.717) is 25.3 Å². The van der Waals surface area contributed by atoms with Gasteiger partial charge in [-0.2, -0.15) is 0 Å². The molecule has 0 spiro atoms. The third-order valence-corrected chi connectivity index (χ3v) is 5.99. The maximum absolute atomic E-state index is 12.8. The quantitative estimate of drug-likeness (QED) is 0.650. The zero-order valence-electron chi connectivity index (χ0n) is 17.3. The first-order chi connectivity index (χ1) is 14.3. The number of aromatic nitrogens is 1. The summed E-state index contributed by atoms with van der Waals surface area (Å²) in [6, 6.07) is 5.49. The van der Waals surface area contributed by atoms with Crippen molar-refractivity contribution >= 4 is 29.4 Å². The van der Waals surface area contributed by atoms with Gasteiger partial charge in [0.1, 0.15) is 11.3 Å². The van der Waals surface area contributed by atoms with Crippen LogP contribution in [0.4, 0.5) is 16.3 Å². The topological polar surface area (TPSA) is 117 Å². The Morgan fingerprint density at radius 2 is 2.13 bits per heavy atom. The summed E-state index contributed by atoms with van der Waals surface area (Å²) >= 11 is 0. The highest BCUT2D eigenvalue weighted by atomic mass is 16.5. The second-order valence-electron chi connectivity index (χ2n) is 8.11. The van der Waals surface area contributed by atoms with Gasteiger partial charge in [0.25, 0.3) is 5.91 Å². The number of imide groups is 1. The van der Waals surface area contributed by atoms with Crippen molar-refractivity contribution in [3.8, 4) is 0 Å². The van der Waals surface area contributed by atoms with Crippen LogP contribution in [0.3, 0.4) is 0 Å². The maximum Gasteiger partial charge on any atom is 0.322 e. The molecule has 1 aromatic carbocycles. The highest BCUT2D eigenvalue weighted by molar-refractivity contribution is 6.06. The van der Waals surface area contributed by atoms with Crippen LogP contribution in [0.5, 0.6) is 0 Å². The molecule has 3 N–H and O–H groups in total. The van der Waals surface area contributed by atoms with Crippen molar-refractivity contribution in [1.29, 1.82) is 0 Å². The molecule has 4 amide bonds. The van der Waals surface area contributed by atoms with Crippen molar-refractivity contribution in [3.63, 3.8) is 0 Å². The van der Waals surface area contributed by atoms with Gasteiger partial charge in [-0.25, -0.2) is 4.79 Å². The van der Waals surface area contributed by atoms with Crippen molar-refractivity contribution in [2.45, 2.75) is 52.1 Å². The minimum absolute atomic E-state index is 0.0743. The highest BCUT2D eigenvalue weighted by Gasteiger charge is 2.42. The number of urea groups is 1. The zero-order chi connectivity index (χ0) is 21.5. The normalized spacial score (nSPS) is 20.6. The number of nitrogens with one attached hydrogen (secondary N) is 3. The van der Waals surface area contributed by atoms with E-state index in [1.807, 2.05) is 32.0 Å². The van der Waals surface area contributed by atoms with E-state index in [0.717, 1.165) is 22.6 Å². The number of anilines is 2. The molecular formula is C21H25N5O4. The van der Waals surface area contributed by atoms with Gasteiger partial charge in [-0.05, 0) is 44.4 Å². The van der Waals surface area contributed by atoms with E-state index >= 15 is 0 Å². The number of aryl methyl sites for hydroxylation is 1. The summed E-state index contributed by atoms with van der Waals surface area (Å²) in [6.07, 6.45) is 0.978. The zero-order valence-corrected chi connectivity index (χ0v) is 17.3. The van der Waals surface area contributed by atoms with E-state index in [-0.39, 0.29) is 18.7 Å². The molecule has 1 atom stereocenters. The molecule has 0 bridgehead atoms. The van der Waals surface area contributed by atoms with Gasteiger partial charge in [0.05, 0.1) is 12.1 Å². The molecular weight excluding hydrogens is 386 g/mol. The molecule has 4 rings (SSSR count). The smallest absolute Gasteiger partial charge is 0.322 e. The van der Waals surface area contributed by atoms with E-state index in [1.165, 1.54) is 5.56 Å². The van der Waals surface area contributed by atoms with Crippen molar-refractivity contribution in [1.82, 2.24) is 20.7 Å². The van der Waals surface area contributed by atoms with E-state index < -0.39 is 17.5 Å². The predicted octanol–water partition coefficient (Wildman–Crippen LogP) is 2.30. The Morgan fingerprint density at radius 3 is 2.87 bits per heavy atom.